The van der Waals surface area contributed by atoms with Gasteiger partial charge >= 0.3 is 0 Å². The molecule has 0 saturated heterocycles. The van der Waals surface area contributed by atoms with E-state index in [0.717, 1.165) is 26.2 Å². The molecular formula is C46H40N4+2. The van der Waals surface area contributed by atoms with Gasteiger partial charge in [0.2, 0.25) is 12.7 Å². The molecule has 0 aliphatic heterocycles. The molecule has 0 unspecified atom stereocenters. The van der Waals surface area contributed by atoms with Crippen LogP contribution in [-0.4, -0.2) is 9.13 Å². The number of aryl methyl sites for hydroxylation is 2. The van der Waals surface area contributed by atoms with Crippen LogP contribution in [0.5, 0.6) is 0 Å². The van der Waals surface area contributed by atoms with Gasteiger partial charge in [-0.05, 0) is 90.3 Å². The van der Waals surface area contributed by atoms with Crippen LogP contribution in [0, 0.1) is 0 Å². The molecule has 0 amide bonds. The Bertz CT molecular complexity index is 2560. The summed E-state index contributed by atoms with van der Waals surface area (Å²) in [5, 5.41) is 16.3. The van der Waals surface area contributed by atoms with Crippen molar-refractivity contribution >= 4 is 64.6 Å². The van der Waals surface area contributed by atoms with Crippen LogP contribution in [0.4, 0.5) is 0 Å². The van der Waals surface area contributed by atoms with Gasteiger partial charge in [0.25, 0.3) is 0 Å². The van der Waals surface area contributed by atoms with Gasteiger partial charge in [0.05, 0.1) is 13.1 Å². The highest BCUT2D eigenvalue weighted by molar-refractivity contribution is 6.24. The van der Waals surface area contributed by atoms with Gasteiger partial charge in [0.15, 0.2) is 0 Å². The Morgan fingerprint density at radius 3 is 1.20 bits per heavy atom. The van der Waals surface area contributed by atoms with E-state index in [1.807, 2.05) is 0 Å². The van der Waals surface area contributed by atoms with Crippen LogP contribution < -0.4 is 9.13 Å². The lowest BCUT2D eigenvalue weighted by atomic mass is 9.92. The highest BCUT2D eigenvalue weighted by Gasteiger charge is 2.15. The zero-order valence-electron chi connectivity index (χ0n) is 28.3. The smallest absolute Gasteiger partial charge is 0.237 e. The van der Waals surface area contributed by atoms with E-state index in [9.17, 15) is 0 Å². The van der Waals surface area contributed by atoms with E-state index in [1.54, 1.807) is 0 Å². The zero-order valence-corrected chi connectivity index (χ0v) is 28.3. The minimum absolute atomic E-state index is 0.884. The zero-order chi connectivity index (χ0) is 33.0. The number of unbranched alkanes of at least 4 members (excludes halogenated alkanes) is 3. The number of imidazole rings is 2. The molecule has 0 spiro atoms. The molecular weight excluding hydrogens is 609 g/mol. The summed E-state index contributed by atoms with van der Waals surface area (Å²) in [7, 11) is 0. The van der Waals surface area contributed by atoms with Gasteiger partial charge in [-0.15, -0.1) is 0 Å². The predicted molar refractivity (Wildman–Crippen MR) is 206 cm³/mol. The molecule has 0 aliphatic carbocycles. The molecule has 2 aromatic heterocycles. The molecule has 50 heavy (non-hydrogen) atoms. The Kier molecular flexibility index (Phi) is 7.00. The number of nitrogens with zero attached hydrogens (tertiary/aromatic N) is 4. The topological polar surface area (TPSA) is 17.6 Å². The van der Waals surface area contributed by atoms with Gasteiger partial charge in [0.1, 0.15) is 37.9 Å². The summed E-state index contributed by atoms with van der Waals surface area (Å²) in [6.45, 7) is 3.89. The average Bonchev–Trinajstić information content (AvgIpc) is 3.81. The fourth-order valence-corrected chi connectivity index (χ4v) is 8.53. The van der Waals surface area contributed by atoms with Gasteiger partial charge in [-0.25, -0.2) is 18.3 Å². The van der Waals surface area contributed by atoms with Gasteiger partial charge in [0, 0.05) is 11.1 Å². The maximum atomic E-state index is 2.35. The van der Waals surface area contributed by atoms with Crippen LogP contribution in [0.25, 0.3) is 64.6 Å². The van der Waals surface area contributed by atoms with Crippen molar-refractivity contribution in [3.63, 3.8) is 0 Å². The summed E-state index contributed by atoms with van der Waals surface area (Å²) in [6.07, 6.45) is 18.4. The molecule has 0 N–H and O–H groups in total. The minimum atomic E-state index is 0.884. The minimum Gasteiger partial charge on any atom is -0.237 e. The first kappa shape index (κ1) is 29.2. The standard InChI is InChI=1S/C46H40N4/c1(3-23-47-25-27-49(31-47)29-39-17-15-37-13-11-33-7-5-9-35-19-21-41(39)45(37)43(33)35)2-4-24-48-26-28-50(32-48)30-40-18-16-38-14-12-34-8-6-10-36-20-22-42(40)46(38)44(34)36/h5-22,25-28,31-32H,1-4,23-24,29-30H2/q+2. The lowest BCUT2D eigenvalue weighted by molar-refractivity contribution is -0.687. The number of rotatable bonds is 11. The Labute approximate surface area is 291 Å². The van der Waals surface area contributed by atoms with E-state index in [4.69, 9.17) is 0 Å². The van der Waals surface area contributed by atoms with Crippen LogP contribution in [0.2, 0.25) is 0 Å². The van der Waals surface area contributed by atoms with E-state index >= 15 is 0 Å². The van der Waals surface area contributed by atoms with Crippen LogP contribution >= 0.6 is 0 Å². The highest BCUT2D eigenvalue weighted by Crippen LogP contribution is 2.37. The second-order valence-corrected chi connectivity index (χ2v) is 14.2. The molecule has 0 aliphatic rings. The van der Waals surface area contributed by atoms with E-state index in [2.05, 4.69) is 165 Å². The van der Waals surface area contributed by atoms with Crippen LogP contribution in [0.15, 0.2) is 147 Å². The number of hydrogen-bond acceptors (Lipinski definition) is 0. The fourth-order valence-electron chi connectivity index (χ4n) is 8.53. The predicted octanol–water partition coefficient (Wildman–Crippen LogP) is 10.0. The first-order valence-electron chi connectivity index (χ1n) is 18.2. The largest absolute Gasteiger partial charge is 0.244 e. The van der Waals surface area contributed by atoms with E-state index in [-0.39, 0.29) is 0 Å². The summed E-state index contributed by atoms with van der Waals surface area (Å²) >= 11 is 0. The second-order valence-electron chi connectivity index (χ2n) is 14.2. The Balaban J connectivity index is 0.736. The van der Waals surface area contributed by atoms with Crippen LogP contribution in [-0.2, 0) is 26.2 Å². The number of hydrogen-bond donors (Lipinski definition) is 0. The molecule has 10 aromatic rings. The van der Waals surface area contributed by atoms with E-state index in [1.165, 1.54) is 101 Å². The Hall–Kier alpha value is -5.74. The lowest BCUT2D eigenvalue weighted by Gasteiger charge is -2.13. The first-order chi connectivity index (χ1) is 24.7. The van der Waals surface area contributed by atoms with Gasteiger partial charge in [-0.3, -0.25) is 0 Å². The third-order valence-corrected chi connectivity index (χ3v) is 11.0. The number of benzene rings is 8. The molecule has 0 fully saturated rings. The van der Waals surface area contributed by atoms with Gasteiger partial charge < -0.3 is 0 Å². The Morgan fingerprint density at radius 1 is 0.380 bits per heavy atom. The molecule has 10 rings (SSSR count). The summed E-state index contributed by atoms with van der Waals surface area (Å²) in [6, 6.07) is 40.7. The lowest BCUT2D eigenvalue weighted by Crippen LogP contribution is -2.31. The SMILES string of the molecule is c1cc2ccc3ccc(C[n+]4ccn(CCCCCCn5cc[n+](Cc6ccc7ccc8cccc9ccc6c7c89)c5)c4)c4ccc(c1)c2c34. The average molecular weight is 649 g/mol. The van der Waals surface area contributed by atoms with Crippen LogP contribution in [0.3, 0.4) is 0 Å². The highest BCUT2D eigenvalue weighted by atomic mass is 15.1. The van der Waals surface area contributed by atoms with Crippen molar-refractivity contribution in [3.05, 3.63) is 158 Å². The Morgan fingerprint density at radius 2 is 0.760 bits per heavy atom. The van der Waals surface area contributed by atoms with Gasteiger partial charge in [-0.1, -0.05) is 109 Å². The van der Waals surface area contributed by atoms with Crippen molar-refractivity contribution in [2.24, 2.45) is 0 Å². The third kappa shape index (κ3) is 5.06. The number of aromatic nitrogens is 4. The molecule has 2 heterocycles. The van der Waals surface area contributed by atoms with Gasteiger partial charge in [-0.2, -0.15) is 0 Å². The fraction of sp³-hybridized carbons (Fsp3) is 0.174. The van der Waals surface area contributed by atoms with Crippen molar-refractivity contribution in [1.29, 1.82) is 0 Å². The van der Waals surface area contributed by atoms with Crippen LogP contribution in [0.1, 0.15) is 36.8 Å². The monoisotopic (exact) mass is 648 g/mol. The summed E-state index contributed by atoms with van der Waals surface area (Å²) < 4.78 is 9.36. The summed E-state index contributed by atoms with van der Waals surface area (Å²) in [4.78, 5) is 0. The molecule has 0 radical (unpaired) electrons. The molecule has 0 saturated carbocycles. The van der Waals surface area contributed by atoms with E-state index < -0.39 is 0 Å². The van der Waals surface area contributed by atoms with Crippen molar-refractivity contribution < 1.29 is 9.13 Å². The molecule has 242 valence electrons. The molecule has 0 atom stereocenters. The maximum absolute atomic E-state index is 2.35. The second kappa shape index (κ2) is 12.0. The first-order valence-corrected chi connectivity index (χ1v) is 18.2. The molecule has 4 heteroatoms. The van der Waals surface area contributed by atoms with Crippen molar-refractivity contribution in [2.75, 3.05) is 0 Å². The van der Waals surface area contributed by atoms with Crippen molar-refractivity contribution in [2.45, 2.75) is 51.9 Å². The van der Waals surface area contributed by atoms with Crippen molar-refractivity contribution in [3.8, 4) is 0 Å². The normalized spacial score (nSPS) is 12.2. The molecule has 0 bridgehead atoms. The van der Waals surface area contributed by atoms with Crippen molar-refractivity contribution in [1.82, 2.24) is 9.13 Å². The quantitative estimate of drug-likeness (QED) is 0.0755. The molecule has 4 nitrogen and oxygen atoms in total. The maximum Gasteiger partial charge on any atom is 0.244 e. The summed E-state index contributed by atoms with van der Waals surface area (Å²) in [5.41, 5.74) is 2.75. The third-order valence-electron chi connectivity index (χ3n) is 11.0. The van der Waals surface area contributed by atoms with E-state index in [0.29, 0.717) is 0 Å². The molecule has 8 aromatic carbocycles. The summed E-state index contributed by atoms with van der Waals surface area (Å²) in [5.74, 6) is 0.